The summed E-state index contributed by atoms with van der Waals surface area (Å²) in [7, 11) is 0. The SMILES string of the molecule is CC(CO)CNC(C)CCc1ccco1. The Morgan fingerprint density at radius 2 is 2.27 bits per heavy atom. The van der Waals surface area contributed by atoms with Crippen molar-refractivity contribution in [1.82, 2.24) is 5.32 Å². The number of hydrogen-bond donors (Lipinski definition) is 2. The van der Waals surface area contributed by atoms with Crippen molar-refractivity contribution in [3.8, 4) is 0 Å². The molecule has 0 aliphatic carbocycles. The first-order valence-corrected chi connectivity index (χ1v) is 5.59. The number of hydrogen-bond acceptors (Lipinski definition) is 3. The Morgan fingerprint density at radius 3 is 2.87 bits per heavy atom. The lowest BCUT2D eigenvalue weighted by atomic mass is 10.1. The van der Waals surface area contributed by atoms with Crippen LogP contribution in [0.2, 0.25) is 0 Å². The second-order valence-electron chi connectivity index (χ2n) is 4.22. The molecule has 0 spiro atoms. The van der Waals surface area contributed by atoms with Crippen LogP contribution < -0.4 is 5.32 Å². The molecular formula is C12H21NO2. The zero-order chi connectivity index (χ0) is 11.1. The van der Waals surface area contributed by atoms with Gasteiger partial charge in [0.2, 0.25) is 0 Å². The van der Waals surface area contributed by atoms with E-state index in [9.17, 15) is 0 Å². The van der Waals surface area contributed by atoms with Crippen molar-refractivity contribution in [3.63, 3.8) is 0 Å². The zero-order valence-electron chi connectivity index (χ0n) is 9.57. The summed E-state index contributed by atoms with van der Waals surface area (Å²) in [6.07, 6.45) is 3.74. The first-order valence-electron chi connectivity index (χ1n) is 5.59. The predicted molar refractivity (Wildman–Crippen MR) is 60.7 cm³/mol. The second kappa shape index (κ2) is 6.64. The van der Waals surface area contributed by atoms with Crippen LogP contribution in [0, 0.1) is 5.92 Å². The van der Waals surface area contributed by atoms with Crippen LogP contribution >= 0.6 is 0 Å². The van der Waals surface area contributed by atoms with E-state index in [2.05, 4.69) is 12.2 Å². The molecule has 1 aromatic rings. The average Bonchev–Trinajstić information content (AvgIpc) is 2.75. The highest BCUT2D eigenvalue weighted by atomic mass is 16.3. The van der Waals surface area contributed by atoms with Gasteiger partial charge >= 0.3 is 0 Å². The van der Waals surface area contributed by atoms with Crippen molar-refractivity contribution in [2.24, 2.45) is 5.92 Å². The zero-order valence-corrected chi connectivity index (χ0v) is 9.57. The molecule has 2 unspecified atom stereocenters. The average molecular weight is 211 g/mol. The Morgan fingerprint density at radius 1 is 1.47 bits per heavy atom. The maximum atomic E-state index is 8.87. The van der Waals surface area contributed by atoms with Crippen molar-refractivity contribution < 1.29 is 9.52 Å². The summed E-state index contributed by atoms with van der Waals surface area (Å²) in [4.78, 5) is 0. The molecule has 3 heteroatoms. The highest BCUT2D eigenvalue weighted by Gasteiger charge is 2.05. The van der Waals surface area contributed by atoms with E-state index in [0.717, 1.165) is 25.1 Å². The van der Waals surface area contributed by atoms with Gasteiger partial charge in [-0.1, -0.05) is 6.92 Å². The third kappa shape index (κ3) is 5.00. The van der Waals surface area contributed by atoms with E-state index in [4.69, 9.17) is 9.52 Å². The fourth-order valence-corrected chi connectivity index (χ4v) is 1.38. The third-order valence-electron chi connectivity index (χ3n) is 2.53. The maximum Gasteiger partial charge on any atom is 0.103 e. The number of rotatable bonds is 7. The van der Waals surface area contributed by atoms with Crippen molar-refractivity contribution in [2.45, 2.75) is 32.7 Å². The first kappa shape index (κ1) is 12.3. The molecule has 86 valence electrons. The van der Waals surface area contributed by atoms with Crippen molar-refractivity contribution in [2.75, 3.05) is 13.2 Å². The summed E-state index contributed by atoms with van der Waals surface area (Å²) >= 11 is 0. The largest absolute Gasteiger partial charge is 0.469 e. The van der Waals surface area contributed by atoms with Gasteiger partial charge in [0.05, 0.1) is 6.26 Å². The summed E-state index contributed by atoms with van der Waals surface area (Å²) in [6.45, 7) is 5.31. The fraction of sp³-hybridized carbons (Fsp3) is 0.667. The van der Waals surface area contributed by atoms with Crippen LogP contribution in [0.1, 0.15) is 26.0 Å². The Hall–Kier alpha value is -0.800. The van der Waals surface area contributed by atoms with E-state index in [1.54, 1.807) is 6.26 Å². The van der Waals surface area contributed by atoms with Gasteiger partial charge in [0.25, 0.3) is 0 Å². The molecule has 0 aliphatic heterocycles. The number of aliphatic hydroxyl groups is 1. The molecule has 0 saturated heterocycles. The number of aliphatic hydroxyl groups excluding tert-OH is 1. The number of nitrogens with one attached hydrogen (secondary N) is 1. The van der Waals surface area contributed by atoms with Gasteiger partial charge in [0, 0.05) is 25.6 Å². The molecule has 0 saturated carbocycles. The van der Waals surface area contributed by atoms with Crippen LogP contribution in [0.5, 0.6) is 0 Å². The van der Waals surface area contributed by atoms with Gasteiger partial charge in [-0.05, 0) is 31.4 Å². The van der Waals surface area contributed by atoms with Gasteiger partial charge < -0.3 is 14.8 Å². The normalized spacial score (nSPS) is 15.1. The molecule has 15 heavy (non-hydrogen) atoms. The van der Waals surface area contributed by atoms with Gasteiger partial charge in [-0.3, -0.25) is 0 Å². The van der Waals surface area contributed by atoms with Crippen molar-refractivity contribution in [1.29, 1.82) is 0 Å². The quantitative estimate of drug-likeness (QED) is 0.723. The topological polar surface area (TPSA) is 45.4 Å². The summed E-state index contributed by atoms with van der Waals surface area (Å²) in [6, 6.07) is 4.38. The molecule has 1 heterocycles. The predicted octanol–water partition coefficient (Wildman–Crippen LogP) is 1.82. The molecule has 0 amide bonds. The molecule has 1 aromatic heterocycles. The smallest absolute Gasteiger partial charge is 0.103 e. The van der Waals surface area contributed by atoms with E-state index in [1.807, 2.05) is 19.1 Å². The highest BCUT2D eigenvalue weighted by molar-refractivity contribution is 4.98. The van der Waals surface area contributed by atoms with Gasteiger partial charge in [0.15, 0.2) is 0 Å². The molecular weight excluding hydrogens is 190 g/mol. The maximum absolute atomic E-state index is 8.87. The van der Waals surface area contributed by atoms with Crippen LogP contribution in [-0.4, -0.2) is 24.3 Å². The molecule has 1 rings (SSSR count). The van der Waals surface area contributed by atoms with Gasteiger partial charge in [-0.2, -0.15) is 0 Å². The van der Waals surface area contributed by atoms with Crippen LogP contribution in [-0.2, 0) is 6.42 Å². The van der Waals surface area contributed by atoms with Gasteiger partial charge in [0.1, 0.15) is 5.76 Å². The molecule has 3 nitrogen and oxygen atoms in total. The fourth-order valence-electron chi connectivity index (χ4n) is 1.38. The van der Waals surface area contributed by atoms with E-state index in [0.29, 0.717) is 12.0 Å². The minimum Gasteiger partial charge on any atom is -0.469 e. The van der Waals surface area contributed by atoms with Crippen LogP contribution in [0.3, 0.4) is 0 Å². The molecule has 2 N–H and O–H groups in total. The highest BCUT2D eigenvalue weighted by Crippen LogP contribution is 2.05. The molecule has 0 bridgehead atoms. The summed E-state index contributed by atoms with van der Waals surface area (Å²) in [5.74, 6) is 1.37. The van der Waals surface area contributed by atoms with E-state index < -0.39 is 0 Å². The Kier molecular flexibility index (Phi) is 5.43. The van der Waals surface area contributed by atoms with Crippen LogP contribution in [0.4, 0.5) is 0 Å². The van der Waals surface area contributed by atoms with Gasteiger partial charge in [-0.15, -0.1) is 0 Å². The Bertz CT molecular complexity index is 246. The first-order chi connectivity index (χ1) is 7.22. The Labute approximate surface area is 91.5 Å². The van der Waals surface area contributed by atoms with E-state index in [-0.39, 0.29) is 6.61 Å². The second-order valence-corrected chi connectivity index (χ2v) is 4.22. The van der Waals surface area contributed by atoms with E-state index >= 15 is 0 Å². The lowest BCUT2D eigenvalue weighted by molar-refractivity contribution is 0.230. The number of furan rings is 1. The van der Waals surface area contributed by atoms with Crippen molar-refractivity contribution >= 4 is 0 Å². The standard InChI is InChI=1S/C12H21NO2/c1-10(9-14)8-13-11(2)5-6-12-4-3-7-15-12/h3-4,7,10-11,13-14H,5-6,8-9H2,1-2H3. The monoisotopic (exact) mass is 211 g/mol. The van der Waals surface area contributed by atoms with E-state index in [1.165, 1.54) is 0 Å². The molecule has 0 fully saturated rings. The molecule has 2 atom stereocenters. The molecule has 0 aromatic carbocycles. The van der Waals surface area contributed by atoms with Crippen molar-refractivity contribution in [3.05, 3.63) is 24.2 Å². The lowest BCUT2D eigenvalue weighted by Crippen LogP contribution is -2.31. The molecule has 0 radical (unpaired) electrons. The van der Waals surface area contributed by atoms with Gasteiger partial charge in [-0.25, -0.2) is 0 Å². The molecule has 0 aliphatic rings. The minimum atomic E-state index is 0.248. The Balaban J connectivity index is 2.11. The lowest BCUT2D eigenvalue weighted by Gasteiger charge is -2.15. The number of aryl methyl sites for hydroxylation is 1. The summed E-state index contributed by atoms with van der Waals surface area (Å²) < 4.78 is 5.26. The van der Waals surface area contributed by atoms with Crippen LogP contribution in [0.25, 0.3) is 0 Å². The summed E-state index contributed by atoms with van der Waals surface area (Å²) in [5, 5.41) is 12.3. The summed E-state index contributed by atoms with van der Waals surface area (Å²) in [5.41, 5.74) is 0. The minimum absolute atomic E-state index is 0.248. The van der Waals surface area contributed by atoms with Crippen LogP contribution in [0.15, 0.2) is 22.8 Å². The third-order valence-corrected chi connectivity index (χ3v) is 2.53.